The summed E-state index contributed by atoms with van der Waals surface area (Å²) in [5, 5.41) is 2.99. The van der Waals surface area contributed by atoms with Crippen molar-refractivity contribution in [3.8, 4) is 11.5 Å². The molecule has 1 rings (SSSR count). The number of hydrogen-bond donors (Lipinski definition) is 2. The SMILES string of the molecule is CCC(CCN)NC(=O)Cc1ccc(OC)c(OC)c1. The lowest BCUT2D eigenvalue weighted by atomic mass is 10.1. The summed E-state index contributed by atoms with van der Waals surface area (Å²) < 4.78 is 10.4. The van der Waals surface area contributed by atoms with Crippen LogP contribution in [-0.4, -0.2) is 32.7 Å². The molecule has 0 heterocycles. The van der Waals surface area contributed by atoms with E-state index in [9.17, 15) is 4.79 Å². The molecule has 0 aliphatic heterocycles. The number of carbonyl (C=O) groups is 1. The summed E-state index contributed by atoms with van der Waals surface area (Å²) in [7, 11) is 3.17. The molecule has 3 N–H and O–H groups in total. The predicted molar refractivity (Wildman–Crippen MR) is 79.1 cm³/mol. The van der Waals surface area contributed by atoms with Gasteiger partial charge in [0, 0.05) is 6.04 Å². The minimum absolute atomic E-state index is 0.00230. The molecule has 5 nitrogen and oxygen atoms in total. The maximum absolute atomic E-state index is 12.0. The Morgan fingerprint density at radius 2 is 2.00 bits per heavy atom. The van der Waals surface area contributed by atoms with Crippen LogP contribution >= 0.6 is 0 Å². The summed E-state index contributed by atoms with van der Waals surface area (Å²) in [5.74, 6) is 1.29. The van der Waals surface area contributed by atoms with Crippen molar-refractivity contribution in [1.29, 1.82) is 0 Å². The summed E-state index contributed by atoms with van der Waals surface area (Å²) in [6.45, 7) is 2.62. The van der Waals surface area contributed by atoms with E-state index in [4.69, 9.17) is 15.2 Å². The molecule has 0 aliphatic rings. The summed E-state index contributed by atoms with van der Waals surface area (Å²) >= 11 is 0. The molecule has 0 saturated carbocycles. The Kier molecular flexibility index (Phi) is 6.87. The lowest BCUT2D eigenvalue weighted by molar-refractivity contribution is -0.121. The van der Waals surface area contributed by atoms with Crippen LogP contribution in [0, 0.1) is 0 Å². The molecule has 1 aromatic carbocycles. The second kappa shape index (κ2) is 8.43. The zero-order chi connectivity index (χ0) is 15.0. The first-order valence-corrected chi connectivity index (χ1v) is 6.84. The molecule has 1 aromatic rings. The van der Waals surface area contributed by atoms with Crippen molar-refractivity contribution >= 4 is 5.91 Å². The fourth-order valence-corrected chi connectivity index (χ4v) is 2.03. The van der Waals surface area contributed by atoms with Gasteiger partial charge in [0.25, 0.3) is 0 Å². The second-order valence-electron chi connectivity index (χ2n) is 4.62. The highest BCUT2D eigenvalue weighted by atomic mass is 16.5. The molecule has 0 radical (unpaired) electrons. The lowest BCUT2D eigenvalue weighted by Crippen LogP contribution is -2.36. The molecule has 0 aliphatic carbocycles. The van der Waals surface area contributed by atoms with Crippen LogP contribution in [0.2, 0.25) is 0 Å². The van der Waals surface area contributed by atoms with Crippen molar-refractivity contribution in [2.75, 3.05) is 20.8 Å². The van der Waals surface area contributed by atoms with Crippen molar-refractivity contribution < 1.29 is 14.3 Å². The van der Waals surface area contributed by atoms with E-state index in [0.29, 0.717) is 24.5 Å². The zero-order valence-corrected chi connectivity index (χ0v) is 12.4. The van der Waals surface area contributed by atoms with Gasteiger partial charge in [-0.15, -0.1) is 0 Å². The monoisotopic (exact) mass is 280 g/mol. The molecule has 1 atom stereocenters. The molecular weight excluding hydrogens is 256 g/mol. The Morgan fingerprint density at radius 1 is 1.30 bits per heavy atom. The van der Waals surface area contributed by atoms with Gasteiger partial charge in [0.05, 0.1) is 20.6 Å². The molecule has 1 amide bonds. The molecule has 0 aromatic heterocycles. The maximum atomic E-state index is 12.0. The molecular formula is C15H24N2O3. The highest BCUT2D eigenvalue weighted by Crippen LogP contribution is 2.27. The Balaban J connectivity index is 2.66. The number of amides is 1. The fourth-order valence-electron chi connectivity index (χ4n) is 2.03. The third-order valence-corrected chi connectivity index (χ3v) is 3.19. The van der Waals surface area contributed by atoms with Crippen LogP contribution in [0.4, 0.5) is 0 Å². The highest BCUT2D eigenvalue weighted by molar-refractivity contribution is 5.79. The van der Waals surface area contributed by atoms with E-state index in [2.05, 4.69) is 5.32 Å². The van der Waals surface area contributed by atoms with Gasteiger partial charge in [0.2, 0.25) is 5.91 Å². The van der Waals surface area contributed by atoms with Crippen LogP contribution in [0.15, 0.2) is 18.2 Å². The van der Waals surface area contributed by atoms with Gasteiger partial charge in [-0.25, -0.2) is 0 Å². The molecule has 20 heavy (non-hydrogen) atoms. The predicted octanol–water partition coefficient (Wildman–Crippen LogP) is 1.49. The lowest BCUT2D eigenvalue weighted by Gasteiger charge is -2.16. The summed E-state index contributed by atoms with van der Waals surface area (Å²) in [5.41, 5.74) is 6.41. The van der Waals surface area contributed by atoms with Crippen molar-refractivity contribution in [3.63, 3.8) is 0 Å². The highest BCUT2D eigenvalue weighted by Gasteiger charge is 2.12. The number of carbonyl (C=O) groups excluding carboxylic acids is 1. The van der Waals surface area contributed by atoms with E-state index in [1.807, 2.05) is 19.1 Å². The first kappa shape index (κ1) is 16.3. The Labute approximate surface area is 120 Å². The van der Waals surface area contributed by atoms with E-state index < -0.39 is 0 Å². The molecule has 5 heteroatoms. The smallest absolute Gasteiger partial charge is 0.224 e. The normalized spacial score (nSPS) is 11.8. The number of nitrogens with two attached hydrogens (primary N) is 1. The number of hydrogen-bond acceptors (Lipinski definition) is 4. The van der Waals surface area contributed by atoms with Crippen LogP contribution in [0.1, 0.15) is 25.3 Å². The molecule has 0 saturated heterocycles. The number of methoxy groups -OCH3 is 2. The van der Waals surface area contributed by atoms with Crippen LogP contribution in [0.5, 0.6) is 11.5 Å². The number of benzene rings is 1. The molecule has 0 bridgehead atoms. The van der Waals surface area contributed by atoms with Crippen LogP contribution in [-0.2, 0) is 11.2 Å². The topological polar surface area (TPSA) is 73.6 Å². The van der Waals surface area contributed by atoms with Crippen LogP contribution < -0.4 is 20.5 Å². The van der Waals surface area contributed by atoms with Gasteiger partial charge in [0.1, 0.15) is 0 Å². The number of nitrogens with one attached hydrogen (secondary N) is 1. The van der Waals surface area contributed by atoms with Crippen LogP contribution in [0.25, 0.3) is 0 Å². The first-order valence-electron chi connectivity index (χ1n) is 6.84. The Hall–Kier alpha value is -1.75. The minimum Gasteiger partial charge on any atom is -0.493 e. The van der Waals surface area contributed by atoms with Crippen molar-refractivity contribution in [3.05, 3.63) is 23.8 Å². The van der Waals surface area contributed by atoms with Gasteiger partial charge in [-0.3, -0.25) is 4.79 Å². The Morgan fingerprint density at radius 3 is 2.55 bits per heavy atom. The maximum Gasteiger partial charge on any atom is 0.224 e. The first-order chi connectivity index (χ1) is 9.64. The van der Waals surface area contributed by atoms with Gasteiger partial charge in [-0.05, 0) is 37.1 Å². The third kappa shape index (κ3) is 4.74. The molecule has 0 fully saturated rings. The van der Waals surface area contributed by atoms with Crippen molar-refractivity contribution in [1.82, 2.24) is 5.32 Å². The largest absolute Gasteiger partial charge is 0.493 e. The van der Waals surface area contributed by atoms with E-state index in [0.717, 1.165) is 18.4 Å². The van der Waals surface area contributed by atoms with Crippen LogP contribution in [0.3, 0.4) is 0 Å². The minimum atomic E-state index is -0.00230. The van der Waals surface area contributed by atoms with Crippen molar-refractivity contribution in [2.45, 2.75) is 32.2 Å². The summed E-state index contributed by atoms with van der Waals surface area (Å²) in [4.78, 5) is 12.0. The fraction of sp³-hybridized carbons (Fsp3) is 0.533. The van der Waals surface area contributed by atoms with E-state index in [-0.39, 0.29) is 11.9 Å². The number of rotatable bonds is 8. The average Bonchev–Trinajstić information content (AvgIpc) is 2.46. The van der Waals surface area contributed by atoms with Gasteiger partial charge < -0.3 is 20.5 Å². The van der Waals surface area contributed by atoms with Gasteiger partial charge in [-0.2, -0.15) is 0 Å². The quantitative estimate of drug-likeness (QED) is 0.756. The summed E-state index contributed by atoms with van der Waals surface area (Å²) in [6.07, 6.45) is 2.00. The standard InChI is InChI=1S/C15H24N2O3/c1-4-12(7-8-16)17-15(18)10-11-5-6-13(19-2)14(9-11)20-3/h5-6,9,12H,4,7-8,10,16H2,1-3H3,(H,17,18). The van der Waals surface area contributed by atoms with E-state index in [1.54, 1.807) is 20.3 Å². The van der Waals surface area contributed by atoms with E-state index in [1.165, 1.54) is 0 Å². The number of ether oxygens (including phenoxy) is 2. The van der Waals surface area contributed by atoms with E-state index >= 15 is 0 Å². The zero-order valence-electron chi connectivity index (χ0n) is 12.4. The molecule has 0 spiro atoms. The third-order valence-electron chi connectivity index (χ3n) is 3.19. The van der Waals surface area contributed by atoms with Gasteiger partial charge in [0.15, 0.2) is 11.5 Å². The Bertz CT molecular complexity index is 435. The van der Waals surface area contributed by atoms with Gasteiger partial charge in [-0.1, -0.05) is 13.0 Å². The average molecular weight is 280 g/mol. The summed E-state index contributed by atoms with van der Waals surface area (Å²) in [6, 6.07) is 5.64. The van der Waals surface area contributed by atoms with Gasteiger partial charge >= 0.3 is 0 Å². The molecule has 112 valence electrons. The molecule has 1 unspecified atom stereocenters. The second-order valence-corrected chi connectivity index (χ2v) is 4.62. The van der Waals surface area contributed by atoms with Crippen molar-refractivity contribution in [2.24, 2.45) is 5.73 Å².